The maximum absolute atomic E-state index is 13.4. The molecule has 6 rings (SSSR count). The smallest absolute Gasteiger partial charge is 0.307 e. The van der Waals surface area contributed by atoms with Crippen LogP contribution in [0.15, 0.2) is 11.6 Å². The Morgan fingerprint density at radius 1 is 0.980 bits per heavy atom. The second-order valence-electron chi connectivity index (χ2n) is 18.0. The molecule has 0 spiro atoms. The van der Waals surface area contributed by atoms with Gasteiger partial charge in [-0.25, -0.2) is 0 Å². The van der Waals surface area contributed by atoms with Gasteiger partial charge in [0.15, 0.2) is 12.6 Å². The molecule has 6 N–H and O–H groups in total. The van der Waals surface area contributed by atoms with E-state index >= 15 is 0 Å². The van der Waals surface area contributed by atoms with Gasteiger partial charge in [-0.3, -0.25) is 9.59 Å². The van der Waals surface area contributed by atoms with E-state index in [2.05, 4.69) is 47.6 Å². The van der Waals surface area contributed by atoms with Gasteiger partial charge in [-0.05, 0) is 72.0 Å². The standard InChI is InChI=1S/C38H60O12/c1-18(2)19(3)34(5)13-14-36(7)21-9-10-25-35(6)17-47-33(46)38(25,22(21)11-12-37(36,8)29(34)31(44)45)15-23(48-20(4)40)30(35)50-32-28(43)27(42)26(41)24(16-39)49-32/h11,18-19,21,23-30,32-33,39,41-43,46H,9-10,12-17H2,1-8H3,(H,44,45)/t19-,21+,23-,24?,25-,26?,27?,28?,29-,30+,32?,33+,34-,35-,36-,37+,38+/m1/s1. The first-order valence-electron chi connectivity index (χ1n) is 18.6. The molecule has 50 heavy (non-hydrogen) atoms. The summed E-state index contributed by atoms with van der Waals surface area (Å²) in [5, 5.41) is 64.6. The van der Waals surface area contributed by atoms with Gasteiger partial charge in [0.05, 0.1) is 19.1 Å². The summed E-state index contributed by atoms with van der Waals surface area (Å²) in [7, 11) is 0. The zero-order valence-electron chi connectivity index (χ0n) is 30.9. The zero-order chi connectivity index (χ0) is 36.9. The number of carboxylic acids is 1. The number of carbonyl (C=O) groups excluding carboxylic acids is 1. The largest absolute Gasteiger partial charge is 0.481 e. The molecule has 0 aromatic heterocycles. The number of fused-ring (bicyclic) bond motifs is 3. The van der Waals surface area contributed by atoms with Gasteiger partial charge in [0.25, 0.3) is 0 Å². The van der Waals surface area contributed by atoms with Crippen LogP contribution in [0.4, 0.5) is 0 Å². The highest BCUT2D eigenvalue weighted by Gasteiger charge is 2.74. The van der Waals surface area contributed by atoms with Crippen molar-refractivity contribution < 1.29 is 59.2 Å². The van der Waals surface area contributed by atoms with Crippen molar-refractivity contribution in [3.63, 3.8) is 0 Å². The summed E-state index contributed by atoms with van der Waals surface area (Å²) in [4.78, 5) is 26.1. The molecule has 2 heterocycles. The predicted octanol–water partition coefficient (Wildman–Crippen LogP) is 3.01. The molecule has 5 fully saturated rings. The topological polar surface area (TPSA) is 192 Å². The van der Waals surface area contributed by atoms with Gasteiger partial charge in [-0.15, -0.1) is 0 Å². The van der Waals surface area contributed by atoms with Crippen molar-refractivity contribution in [2.24, 2.45) is 56.7 Å². The first kappa shape index (κ1) is 38.1. The van der Waals surface area contributed by atoms with Gasteiger partial charge in [0, 0.05) is 24.2 Å². The maximum atomic E-state index is 13.4. The number of rotatable bonds is 7. The van der Waals surface area contributed by atoms with Crippen molar-refractivity contribution in [3.05, 3.63) is 11.6 Å². The van der Waals surface area contributed by atoms with Crippen molar-refractivity contribution in [3.8, 4) is 0 Å². The summed E-state index contributed by atoms with van der Waals surface area (Å²) in [5.74, 6) is -1.61. The third-order valence-corrected chi connectivity index (χ3v) is 15.6. The highest BCUT2D eigenvalue weighted by Crippen LogP contribution is 2.75. The Labute approximate surface area is 295 Å². The van der Waals surface area contributed by atoms with Crippen LogP contribution in [0, 0.1) is 56.7 Å². The summed E-state index contributed by atoms with van der Waals surface area (Å²) in [6.07, 6.45) is -4.59. The Bertz CT molecular complexity index is 1370. The molecule has 0 aromatic carbocycles. The van der Waals surface area contributed by atoms with Crippen LogP contribution in [0.25, 0.3) is 0 Å². The van der Waals surface area contributed by atoms with E-state index in [9.17, 15) is 40.2 Å². The van der Waals surface area contributed by atoms with Gasteiger partial charge in [0.2, 0.25) is 0 Å². The van der Waals surface area contributed by atoms with Crippen LogP contribution in [0.3, 0.4) is 0 Å². The molecule has 2 bridgehead atoms. The van der Waals surface area contributed by atoms with E-state index in [4.69, 9.17) is 18.9 Å². The summed E-state index contributed by atoms with van der Waals surface area (Å²) >= 11 is 0. The van der Waals surface area contributed by atoms with Crippen LogP contribution in [-0.4, -0.2) is 105 Å². The van der Waals surface area contributed by atoms with Crippen LogP contribution in [-0.2, 0) is 28.5 Å². The van der Waals surface area contributed by atoms with Crippen LogP contribution in [0.1, 0.15) is 93.9 Å². The van der Waals surface area contributed by atoms with Gasteiger partial charge in [0.1, 0.15) is 36.6 Å². The average Bonchev–Trinajstić information content (AvgIpc) is 3.04. The third kappa shape index (κ3) is 5.13. The molecule has 0 radical (unpaired) electrons. The molecule has 4 aliphatic carbocycles. The number of aliphatic hydroxyl groups excluding tert-OH is 5. The molecule has 17 atom stereocenters. The van der Waals surface area contributed by atoms with Gasteiger partial charge in [-0.1, -0.05) is 60.1 Å². The number of aliphatic hydroxyl groups is 5. The molecule has 12 nitrogen and oxygen atoms in total. The lowest BCUT2D eigenvalue weighted by Crippen LogP contribution is -2.73. The second kappa shape index (κ2) is 12.7. The van der Waals surface area contributed by atoms with Crippen molar-refractivity contribution in [2.75, 3.05) is 13.2 Å². The monoisotopic (exact) mass is 708 g/mol. The van der Waals surface area contributed by atoms with E-state index in [0.29, 0.717) is 18.8 Å². The quantitative estimate of drug-likeness (QED) is 0.129. The molecule has 3 saturated carbocycles. The molecule has 0 amide bonds. The van der Waals surface area contributed by atoms with Gasteiger partial charge in [-0.2, -0.15) is 0 Å². The Morgan fingerprint density at radius 3 is 2.26 bits per heavy atom. The Hall–Kier alpha value is -1.64. The summed E-state index contributed by atoms with van der Waals surface area (Å²) < 4.78 is 24.5. The fraction of sp³-hybridized carbons (Fsp3) is 0.895. The number of allylic oxidation sites excluding steroid dienone is 1. The number of carbonyl (C=O) groups is 2. The van der Waals surface area contributed by atoms with Crippen molar-refractivity contribution >= 4 is 11.9 Å². The number of hydrogen-bond donors (Lipinski definition) is 6. The minimum Gasteiger partial charge on any atom is -0.481 e. The van der Waals surface area contributed by atoms with Crippen LogP contribution in [0.2, 0.25) is 0 Å². The number of ether oxygens (including phenoxy) is 4. The number of carboxylic acid groups (broad SMARTS) is 1. The van der Waals surface area contributed by atoms with Crippen LogP contribution >= 0.6 is 0 Å². The van der Waals surface area contributed by atoms with Crippen LogP contribution in [0.5, 0.6) is 0 Å². The maximum Gasteiger partial charge on any atom is 0.307 e. The lowest BCUT2D eigenvalue weighted by Gasteiger charge is -2.71. The SMILES string of the molecule is CC(=O)O[C@@H]1C[C@]23C4=CC[C@@]5(C)[C@H](C(=O)O)[C@@](C)([C@H](C)C(C)C)CC[C@]5(C)[C@H]4CC[C@@H]2[C@@](C)(CO[C@@H]3O)[C@H]1OC1OC(CO)C(O)C(O)C1O. The Kier molecular flexibility index (Phi) is 9.71. The minimum absolute atomic E-state index is 0.0419. The fourth-order valence-electron chi connectivity index (χ4n) is 12.5. The van der Waals surface area contributed by atoms with Crippen molar-refractivity contribution in [2.45, 2.75) is 143 Å². The molecular weight excluding hydrogens is 648 g/mol. The van der Waals surface area contributed by atoms with Gasteiger partial charge >= 0.3 is 11.9 Å². The molecule has 284 valence electrons. The predicted molar refractivity (Wildman–Crippen MR) is 179 cm³/mol. The molecule has 2 saturated heterocycles. The molecular formula is C38H60O12. The number of aliphatic carboxylic acids is 1. The summed E-state index contributed by atoms with van der Waals surface area (Å²) in [6, 6.07) is 0. The first-order chi connectivity index (χ1) is 23.2. The first-order valence-corrected chi connectivity index (χ1v) is 18.6. The lowest BCUT2D eigenvalue weighted by atomic mass is 9.34. The Balaban J connectivity index is 1.42. The van der Waals surface area contributed by atoms with E-state index < -0.39 is 101 Å². The molecule has 2 aliphatic heterocycles. The van der Waals surface area contributed by atoms with E-state index in [-0.39, 0.29) is 30.8 Å². The highest BCUT2D eigenvalue weighted by atomic mass is 16.7. The fourth-order valence-corrected chi connectivity index (χ4v) is 12.5. The normalized spacial score (nSPS) is 52.2. The van der Waals surface area contributed by atoms with E-state index in [0.717, 1.165) is 24.8 Å². The third-order valence-electron chi connectivity index (χ3n) is 15.6. The average molecular weight is 709 g/mol. The van der Waals surface area contributed by atoms with E-state index in [1.165, 1.54) is 6.92 Å². The summed E-state index contributed by atoms with van der Waals surface area (Å²) in [6.45, 7) is 15.8. The molecule has 0 aromatic rings. The van der Waals surface area contributed by atoms with E-state index in [1.54, 1.807) is 0 Å². The number of hydrogen-bond acceptors (Lipinski definition) is 11. The molecule has 12 heteroatoms. The van der Waals surface area contributed by atoms with Crippen molar-refractivity contribution in [1.82, 2.24) is 0 Å². The van der Waals surface area contributed by atoms with Crippen molar-refractivity contribution in [1.29, 1.82) is 0 Å². The number of esters is 1. The summed E-state index contributed by atoms with van der Waals surface area (Å²) in [5.41, 5.74) is -2.15. The molecule has 6 aliphatic rings. The van der Waals surface area contributed by atoms with E-state index in [1.807, 2.05) is 6.92 Å². The second-order valence-corrected chi connectivity index (χ2v) is 18.0. The Morgan fingerprint density at radius 2 is 1.66 bits per heavy atom. The lowest BCUT2D eigenvalue weighted by molar-refractivity contribution is -0.369. The molecule has 5 unspecified atom stereocenters. The van der Waals surface area contributed by atoms with Crippen LogP contribution < -0.4 is 0 Å². The van der Waals surface area contributed by atoms with Gasteiger partial charge < -0.3 is 49.6 Å². The minimum atomic E-state index is -1.65. The zero-order valence-corrected chi connectivity index (χ0v) is 30.9. The highest BCUT2D eigenvalue weighted by molar-refractivity contribution is 5.73.